The maximum Gasteiger partial charge on any atom is 0.266 e. The average Bonchev–Trinajstić information content (AvgIpc) is 1.50. The van der Waals surface area contributed by atoms with E-state index < -0.39 is 0 Å². The second-order valence-electron chi connectivity index (χ2n) is 37.9. The number of hydrogen-bond acceptors (Lipinski definition) is 6. The molecule has 0 amide bonds. The Balaban J connectivity index is 0.000000140. The topological polar surface area (TPSA) is 94.5 Å². The van der Waals surface area contributed by atoms with Gasteiger partial charge in [0, 0.05) is 33.0 Å². The van der Waals surface area contributed by atoms with Crippen LogP contribution in [0.5, 0.6) is 0 Å². The molecule has 0 aliphatic carbocycles. The first-order chi connectivity index (χ1) is 52.3. The van der Waals surface area contributed by atoms with Crippen molar-refractivity contribution in [2.24, 2.45) is 0 Å². The summed E-state index contributed by atoms with van der Waals surface area (Å²) in [6, 6.07) is 71.4. The fourth-order valence-electron chi connectivity index (χ4n) is 19.9. The summed E-state index contributed by atoms with van der Waals surface area (Å²) in [5.74, 6) is 0. The third-order valence-electron chi connectivity index (χ3n) is 24.8. The highest BCUT2D eigenvalue weighted by Crippen LogP contribution is 2.59. The minimum Gasteiger partial charge on any atom is -0.268 e. The highest BCUT2D eigenvalue weighted by atomic mass is 16.1. The first kappa shape index (κ1) is 66.5. The van der Waals surface area contributed by atoms with Crippen LogP contribution in [0, 0.1) is 0 Å². The molecular weight excluding hydrogens is 1340 g/mol. The maximum atomic E-state index is 15.4. The van der Waals surface area contributed by atoms with Gasteiger partial charge in [0.2, 0.25) is 0 Å². The monoisotopic (exact) mass is 1430 g/mol. The van der Waals surface area contributed by atoms with E-state index in [4.69, 9.17) is 19.9 Å². The van der Waals surface area contributed by atoms with Crippen LogP contribution < -0.4 is 11.1 Å². The minimum atomic E-state index is -0.183. The largest absolute Gasteiger partial charge is 0.268 e. The van der Waals surface area contributed by atoms with E-state index in [0.29, 0.717) is 22.6 Å². The van der Waals surface area contributed by atoms with E-state index >= 15 is 9.59 Å². The standard InChI is InChI=1S/2C51H43N3O/c1-49(2,3)35-16-12-10-14-27(35)31-24-33-42-40-29(31)20-18-26-19-21-30-32(28-15-11-13-17-36(28)50(4,5)6)25-34(43(42)41(30)39(26)40)45-44(33)47-53-46-37(54(47)48(45)55)22-23-38(52-46)51(7,8)9;1-49(2,3)35-16-12-10-14-27(35)31-24-33-42-40-29(31)20-18-26-19-21-30-32(28-15-11-13-17-36(28)50(4,5)6)25-34(43(42)41(30)39(26)40)45-44(33)47-52-37-22-23-38(51(7,8)9)53-46(37)54(47)48(45)55/h2*10-25H,1-9H3. The highest BCUT2D eigenvalue weighted by Gasteiger charge is 2.36. The molecule has 16 aromatic carbocycles. The van der Waals surface area contributed by atoms with Crippen LogP contribution in [0.3, 0.4) is 0 Å². The summed E-state index contributed by atoms with van der Waals surface area (Å²) < 4.78 is 3.65. The Hall–Kier alpha value is -11.7. The first-order valence-corrected chi connectivity index (χ1v) is 39.1. The Morgan fingerprint density at radius 1 is 0.236 bits per heavy atom. The lowest BCUT2D eigenvalue weighted by Gasteiger charge is -2.24. The number of imidazole rings is 2. The Labute approximate surface area is 637 Å². The Morgan fingerprint density at radius 3 is 0.900 bits per heavy atom. The molecule has 0 bridgehead atoms. The van der Waals surface area contributed by atoms with Crippen molar-refractivity contribution in [3.8, 4) is 44.5 Å². The van der Waals surface area contributed by atoms with E-state index in [1.807, 2.05) is 20.9 Å². The summed E-state index contributed by atoms with van der Waals surface area (Å²) in [5, 5.41) is 27.3. The molecule has 0 saturated heterocycles. The molecule has 0 aliphatic heterocycles. The van der Waals surface area contributed by atoms with Crippen LogP contribution in [-0.2, 0) is 32.5 Å². The van der Waals surface area contributed by atoms with E-state index in [9.17, 15) is 0 Å². The van der Waals surface area contributed by atoms with Crippen molar-refractivity contribution in [2.45, 2.75) is 157 Å². The van der Waals surface area contributed by atoms with Gasteiger partial charge in [-0.15, -0.1) is 0 Å². The van der Waals surface area contributed by atoms with Gasteiger partial charge < -0.3 is 0 Å². The smallest absolute Gasteiger partial charge is 0.266 e. The van der Waals surface area contributed by atoms with E-state index in [1.54, 1.807) is 0 Å². The normalized spacial score (nSPS) is 13.6. The lowest BCUT2D eigenvalue weighted by Crippen LogP contribution is -2.14. The van der Waals surface area contributed by atoms with Crippen molar-refractivity contribution in [3.05, 3.63) is 248 Å². The molecule has 6 aromatic heterocycles. The van der Waals surface area contributed by atoms with Gasteiger partial charge in [-0.3, -0.25) is 14.0 Å². The van der Waals surface area contributed by atoms with Gasteiger partial charge in [0.05, 0.1) is 16.3 Å². The number of hydrogen-bond donors (Lipinski definition) is 0. The summed E-state index contributed by atoms with van der Waals surface area (Å²) in [6.45, 7) is 40.4. The molecule has 0 fully saturated rings. The maximum absolute atomic E-state index is 15.4. The summed E-state index contributed by atoms with van der Waals surface area (Å²) in [6.07, 6.45) is 0. The molecule has 536 valence electrons. The summed E-state index contributed by atoms with van der Waals surface area (Å²) in [4.78, 5) is 51.4. The molecule has 110 heavy (non-hydrogen) atoms. The van der Waals surface area contributed by atoms with Crippen molar-refractivity contribution < 1.29 is 0 Å². The Morgan fingerprint density at radius 2 is 0.545 bits per heavy atom. The molecule has 0 atom stereocenters. The van der Waals surface area contributed by atoms with Gasteiger partial charge in [-0.2, -0.15) is 0 Å². The first-order valence-electron chi connectivity index (χ1n) is 39.1. The molecule has 0 radical (unpaired) electrons. The quantitative estimate of drug-likeness (QED) is 0.163. The number of rotatable bonds is 4. The fourth-order valence-corrected chi connectivity index (χ4v) is 19.9. The van der Waals surface area contributed by atoms with Crippen LogP contribution in [0.4, 0.5) is 0 Å². The number of fused-ring (bicyclic) bond motifs is 14. The van der Waals surface area contributed by atoms with Gasteiger partial charge in [0.15, 0.2) is 22.6 Å². The van der Waals surface area contributed by atoms with Crippen LogP contribution in [0.2, 0.25) is 0 Å². The zero-order chi connectivity index (χ0) is 76.2. The van der Waals surface area contributed by atoms with E-state index in [1.165, 1.54) is 147 Å². The van der Waals surface area contributed by atoms with Gasteiger partial charge in [0.1, 0.15) is 5.52 Å². The molecule has 0 saturated carbocycles. The summed E-state index contributed by atoms with van der Waals surface area (Å²) >= 11 is 0. The highest BCUT2D eigenvalue weighted by molar-refractivity contribution is 6.53. The van der Waals surface area contributed by atoms with Crippen molar-refractivity contribution in [1.82, 2.24) is 28.7 Å². The minimum absolute atomic E-state index is 0.0333. The molecule has 22 rings (SSSR count). The number of benzene rings is 14. The van der Waals surface area contributed by atoms with Crippen molar-refractivity contribution in [3.63, 3.8) is 0 Å². The van der Waals surface area contributed by atoms with Gasteiger partial charge in [-0.05, 0) is 245 Å². The zero-order valence-corrected chi connectivity index (χ0v) is 66.0. The summed E-state index contributed by atoms with van der Waals surface area (Å²) in [7, 11) is 0. The van der Waals surface area contributed by atoms with E-state index in [0.717, 1.165) is 71.1 Å². The van der Waals surface area contributed by atoms with Crippen LogP contribution in [0.25, 0.3) is 207 Å². The fraction of sp³-hybridized carbons (Fsp3) is 0.235. The number of aromatic nitrogens is 6. The lowest BCUT2D eigenvalue weighted by atomic mass is 9.80. The Bertz CT molecular complexity index is 7630. The molecule has 8 nitrogen and oxygen atoms in total. The number of nitrogens with zero attached hydrogens (tertiary/aromatic N) is 6. The second kappa shape index (κ2) is 21.6. The third-order valence-corrected chi connectivity index (χ3v) is 24.8. The molecule has 0 aliphatic rings. The predicted octanol–water partition coefficient (Wildman–Crippen LogP) is 26.3. The molecule has 0 spiro atoms. The SMILES string of the molecule is CC(C)(C)c1ccc2c(n1)nc1c3c4cc(-c5ccccc5C(C)(C)C)c5ccc6ccc7c(-c8ccccc8C(C)(C)C)cc(c3c(=O)n21)c1c7c6c5c41.CC(C)(C)c1ccc2nc3c4c5cc(-c6ccccc6C(C)(C)C)c6ccc7ccc8c(-c9ccccc9C(C)(C)C)cc(c4c(=O)n3c2n1)c1c8c7c6c51. The van der Waals surface area contributed by atoms with Crippen LogP contribution in [-0.4, -0.2) is 28.7 Å². The van der Waals surface area contributed by atoms with Gasteiger partial charge in [-0.25, -0.2) is 24.3 Å². The van der Waals surface area contributed by atoms with E-state index in [2.05, 4.69) is 307 Å². The molecule has 8 heteroatoms. The molecule has 0 unspecified atom stereocenters. The van der Waals surface area contributed by atoms with Gasteiger partial charge >= 0.3 is 0 Å². The predicted molar refractivity (Wildman–Crippen MR) is 467 cm³/mol. The van der Waals surface area contributed by atoms with Gasteiger partial charge in [0.25, 0.3) is 11.1 Å². The molecular formula is C102H86N6O2. The zero-order valence-electron chi connectivity index (χ0n) is 66.0. The average molecular weight is 1430 g/mol. The van der Waals surface area contributed by atoms with Crippen molar-refractivity contribution in [1.29, 1.82) is 0 Å². The van der Waals surface area contributed by atoms with Crippen molar-refractivity contribution >= 4 is 163 Å². The van der Waals surface area contributed by atoms with Crippen molar-refractivity contribution in [2.75, 3.05) is 0 Å². The second-order valence-corrected chi connectivity index (χ2v) is 37.9. The van der Waals surface area contributed by atoms with Crippen LogP contribution >= 0.6 is 0 Å². The lowest BCUT2D eigenvalue weighted by molar-refractivity contribution is 0.571. The number of pyridine rings is 2. The van der Waals surface area contributed by atoms with E-state index in [-0.39, 0.29) is 43.6 Å². The summed E-state index contributed by atoms with van der Waals surface area (Å²) in [5.41, 5.74) is 20.0. The van der Waals surface area contributed by atoms with Gasteiger partial charge in [-0.1, -0.05) is 270 Å². The molecule has 22 aromatic rings. The van der Waals surface area contributed by atoms with Crippen LogP contribution in [0.15, 0.2) is 204 Å². The molecule has 6 heterocycles. The molecule has 0 N–H and O–H groups in total. The Kier molecular flexibility index (Phi) is 13.1. The third kappa shape index (κ3) is 8.84. The van der Waals surface area contributed by atoms with Crippen LogP contribution in [0.1, 0.15) is 158 Å².